The zero-order valence-electron chi connectivity index (χ0n) is 8.97. The van der Waals surface area contributed by atoms with Crippen LogP contribution in [-0.4, -0.2) is 9.55 Å². The van der Waals surface area contributed by atoms with Crippen molar-refractivity contribution in [1.29, 1.82) is 0 Å². The Morgan fingerprint density at radius 3 is 2.59 bits per heavy atom. The maximum Gasteiger partial charge on any atom is 0.205 e. The summed E-state index contributed by atoms with van der Waals surface area (Å²) in [6.07, 6.45) is 0. The van der Waals surface area contributed by atoms with E-state index in [1.165, 1.54) is 0 Å². The summed E-state index contributed by atoms with van der Waals surface area (Å²) < 4.78 is 3.12. The van der Waals surface area contributed by atoms with Crippen LogP contribution in [0.5, 0.6) is 0 Å². The number of nitrogens with zero attached hydrogens (tertiary/aromatic N) is 2. The van der Waals surface area contributed by atoms with Gasteiger partial charge in [-0.2, -0.15) is 0 Å². The lowest BCUT2D eigenvalue weighted by Crippen LogP contribution is -1.99. The van der Waals surface area contributed by atoms with Crippen LogP contribution in [0.3, 0.4) is 0 Å². The quantitative estimate of drug-likeness (QED) is 0.694. The third kappa shape index (κ3) is 1.78. The Balaban J connectivity index is 2.33. The van der Waals surface area contributed by atoms with Crippen molar-refractivity contribution in [3.05, 3.63) is 52.1 Å². The number of aromatic nitrogens is 2. The van der Waals surface area contributed by atoms with E-state index in [2.05, 4.69) is 33.6 Å². The standard InChI is InChI=1S/C13H10IN3/c14-9-6-7-12-11(8-9)16-13(15)17(12)10-4-2-1-3-5-10/h1-8H,(H2,15,16). The zero-order valence-corrected chi connectivity index (χ0v) is 11.1. The van der Waals surface area contributed by atoms with Gasteiger partial charge in [-0.3, -0.25) is 4.57 Å². The van der Waals surface area contributed by atoms with E-state index in [0.29, 0.717) is 5.95 Å². The van der Waals surface area contributed by atoms with Crippen LogP contribution >= 0.6 is 22.6 Å². The summed E-state index contributed by atoms with van der Waals surface area (Å²) in [7, 11) is 0. The minimum absolute atomic E-state index is 0.521. The highest BCUT2D eigenvalue weighted by Gasteiger charge is 2.09. The van der Waals surface area contributed by atoms with E-state index in [0.717, 1.165) is 20.3 Å². The number of benzene rings is 2. The first-order chi connectivity index (χ1) is 8.25. The summed E-state index contributed by atoms with van der Waals surface area (Å²) in [5, 5.41) is 0. The smallest absolute Gasteiger partial charge is 0.205 e. The molecule has 0 spiro atoms. The minimum Gasteiger partial charge on any atom is -0.369 e. The maximum atomic E-state index is 5.98. The molecule has 17 heavy (non-hydrogen) atoms. The van der Waals surface area contributed by atoms with Gasteiger partial charge >= 0.3 is 0 Å². The fourth-order valence-electron chi connectivity index (χ4n) is 1.92. The molecule has 2 aromatic carbocycles. The molecule has 0 aliphatic rings. The molecule has 0 aliphatic heterocycles. The highest BCUT2D eigenvalue weighted by Crippen LogP contribution is 2.24. The second kappa shape index (κ2) is 4.03. The Bertz CT molecular complexity index is 674. The second-order valence-corrected chi connectivity index (χ2v) is 5.02. The number of rotatable bonds is 1. The molecule has 4 heteroatoms. The number of nitrogens with two attached hydrogens (primary N) is 1. The van der Waals surface area contributed by atoms with E-state index >= 15 is 0 Å². The van der Waals surface area contributed by atoms with Crippen LogP contribution in [0.1, 0.15) is 0 Å². The number of hydrogen-bond donors (Lipinski definition) is 1. The number of halogens is 1. The Hall–Kier alpha value is -1.56. The van der Waals surface area contributed by atoms with Crippen LogP contribution in [0.25, 0.3) is 16.7 Å². The van der Waals surface area contributed by atoms with Crippen molar-refractivity contribution < 1.29 is 0 Å². The average Bonchev–Trinajstić information content (AvgIpc) is 2.65. The van der Waals surface area contributed by atoms with Gasteiger partial charge in [0, 0.05) is 9.26 Å². The molecule has 3 nitrogen and oxygen atoms in total. The molecule has 0 saturated heterocycles. The molecular formula is C13H10IN3. The van der Waals surface area contributed by atoms with Gasteiger partial charge in [-0.1, -0.05) is 18.2 Å². The average molecular weight is 335 g/mol. The van der Waals surface area contributed by atoms with Crippen LogP contribution in [0.15, 0.2) is 48.5 Å². The summed E-state index contributed by atoms with van der Waals surface area (Å²) in [6, 6.07) is 16.2. The van der Waals surface area contributed by atoms with Crippen molar-refractivity contribution in [3.63, 3.8) is 0 Å². The van der Waals surface area contributed by atoms with Gasteiger partial charge in [0.25, 0.3) is 0 Å². The van der Waals surface area contributed by atoms with Crippen LogP contribution < -0.4 is 5.73 Å². The molecule has 0 radical (unpaired) electrons. The monoisotopic (exact) mass is 335 g/mol. The van der Waals surface area contributed by atoms with Crippen molar-refractivity contribution in [3.8, 4) is 5.69 Å². The molecular weight excluding hydrogens is 325 g/mol. The first-order valence-corrected chi connectivity index (χ1v) is 6.32. The van der Waals surface area contributed by atoms with Gasteiger partial charge in [0.2, 0.25) is 5.95 Å². The summed E-state index contributed by atoms with van der Waals surface area (Å²) in [4.78, 5) is 4.39. The summed E-state index contributed by atoms with van der Waals surface area (Å²) in [5.41, 5.74) is 8.99. The maximum absolute atomic E-state index is 5.98. The van der Waals surface area contributed by atoms with E-state index in [4.69, 9.17) is 5.73 Å². The van der Waals surface area contributed by atoms with Crippen molar-refractivity contribution in [2.24, 2.45) is 0 Å². The van der Waals surface area contributed by atoms with Crippen LogP contribution in [0.4, 0.5) is 5.95 Å². The molecule has 1 heterocycles. The first kappa shape index (κ1) is 10.6. The summed E-state index contributed by atoms with van der Waals surface area (Å²) >= 11 is 2.27. The molecule has 0 unspecified atom stereocenters. The number of para-hydroxylation sites is 1. The fourth-order valence-corrected chi connectivity index (χ4v) is 2.40. The Morgan fingerprint density at radius 2 is 1.82 bits per heavy atom. The molecule has 0 amide bonds. The predicted molar refractivity (Wildman–Crippen MR) is 78.2 cm³/mol. The lowest BCUT2D eigenvalue weighted by Gasteiger charge is -2.05. The Labute approximate surface area is 112 Å². The number of anilines is 1. The largest absolute Gasteiger partial charge is 0.369 e. The van der Waals surface area contributed by atoms with Crippen molar-refractivity contribution >= 4 is 39.6 Å². The van der Waals surface area contributed by atoms with Crippen molar-refractivity contribution in [1.82, 2.24) is 9.55 Å². The van der Waals surface area contributed by atoms with Crippen LogP contribution in [0, 0.1) is 3.57 Å². The third-order valence-electron chi connectivity index (χ3n) is 2.66. The highest BCUT2D eigenvalue weighted by molar-refractivity contribution is 14.1. The topological polar surface area (TPSA) is 43.8 Å². The molecule has 0 atom stereocenters. The van der Waals surface area contributed by atoms with Gasteiger partial charge in [-0.25, -0.2) is 4.98 Å². The van der Waals surface area contributed by atoms with Crippen molar-refractivity contribution in [2.45, 2.75) is 0 Å². The first-order valence-electron chi connectivity index (χ1n) is 5.24. The number of nitrogen functional groups attached to an aromatic ring is 1. The van der Waals surface area contributed by atoms with E-state index in [-0.39, 0.29) is 0 Å². The summed E-state index contributed by atoms with van der Waals surface area (Å²) in [6.45, 7) is 0. The van der Waals surface area contributed by atoms with Crippen LogP contribution in [-0.2, 0) is 0 Å². The number of fused-ring (bicyclic) bond motifs is 1. The van der Waals surface area contributed by atoms with Gasteiger partial charge in [0.05, 0.1) is 11.0 Å². The molecule has 1 aromatic heterocycles. The Kier molecular flexibility index (Phi) is 2.51. The Morgan fingerprint density at radius 1 is 1.06 bits per heavy atom. The van der Waals surface area contributed by atoms with Gasteiger partial charge in [0.15, 0.2) is 0 Å². The van der Waals surface area contributed by atoms with E-state index in [1.807, 2.05) is 47.0 Å². The number of hydrogen-bond acceptors (Lipinski definition) is 2. The molecule has 3 rings (SSSR count). The molecule has 0 fully saturated rings. The molecule has 2 N–H and O–H groups in total. The van der Waals surface area contributed by atoms with Crippen molar-refractivity contribution in [2.75, 3.05) is 5.73 Å². The molecule has 0 aliphatic carbocycles. The third-order valence-corrected chi connectivity index (χ3v) is 3.33. The molecule has 3 aromatic rings. The predicted octanol–water partition coefficient (Wildman–Crippen LogP) is 3.21. The number of imidazole rings is 1. The van der Waals surface area contributed by atoms with Gasteiger partial charge < -0.3 is 5.73 Å². The van der Waals surface area contributed by atoms with E-state index < -0.39 is 0 Å². The minimum atomic E-state index is 0.521. The van der Waals surface area contributed by atoms with Gasteiger partial charge in [-0.05, 0) is 52.9 Å². The van der Waals surface area contributed by atoms with E-state index in [9.17, 15) is 0 Å². The van der Waals surface area contributed by atoms with Crippen LogP contribution in [0.2, 0.25) is 0 Å². The van der Waals surface area contributed by atoms with Gasteiger partial charge in [0.1, 0.15) is 0 Å². The molecule has 0 saturated carbocycles. The normalized spacial score (nSPS) is 10.9. The SMILES string of the molecule is Nc1nc2cc(I)ccc2n1-c1ccccc1. The molecule has 84 valence electrons. The molecule has 0 bridgehead atoms. The second-order valence-electron chi connectivity index (χ2n) is 3.77. The van der Waals surface area contributed by atoms with Gasteiger partial charge in [-0.15, -0.1) is 0 Å². The lowest BCUT2D eigenvalue weighted by molar-refractivity contribution is 1.11. The lowest BCUT2D eigenvalue weighted by atomic mass is 10.3. The highest BCUT2D eigenvalue weighted by atomic mass is 127. The summed E-state index contributed by atoms with van der Waals surface area (Å²) in [5.74, 6) is 0.521. The van der Waals surface area contributed by atoms with E-state index in [1.54, 1.807) is 0 Å². The zero-order chi connectivity index (χ0) is 11.8. The fraction of sp³-hybridized carbons (Fsp3) is 0.